The van der Waals surface area contributed by atoms with Crippen molar-refractivity contribution in [2.45, 2.75) is 19.4 Å². The Kier molecular flexibility index (Phi) is 9.74. The highest BCUT2D eigenvalue weighted by molar-refractivity contribution is 6.30. The number of hydrogen-bond acceptors (Lipinski definition) is 7. The zero-order valence-electron chi connectivity index (χ0n) is 25.5. The lowest BCUT2D eigenvalue weighted by Crippen LogP contribution is -2.41. The van der Waals surface area contributed by atoms with Gasteiger partial charge in [0.15, 0.2) is 11.5 Å². The zero-order chi connectivity index (χ0) is 32.7. The van der Waals surface area contributed by atoms with Crippen molar-refractivity contribution in [3.8, 4) is 45.6 Å². The highest BCUT2D eigenvalue weighted by Gasteiger charge is 2.33. The van der Waals surface area contributed by atoms with Crippen molar-refractivity contribution in [3.63, 3.8) is 0 Å². The second kappa shape index (κ2) is 14.1. The van der Waals surface area contributed by atoms with Crippen molar-refractivity contribution in [3.05, 3.63) is 138 Å². The molecule has 0 N–H and O–H groups in total. The van der Waals surface area contributed by atoms with E-state index in [9.17, 15) is 9.59 Å². The van der Waals surface area contributed by atoms with E-state index in [4.69, 9.17) is 35.3 Å². The zero-order valence-corrected chi connectivity index (χ0v) is 26.2. The van der Waals surface area contributed by atoms with E-state index < -0.39 is 17.5 Å². The predicted molar refractivity (Wildman–Crippen MR) is 178 cm³/mol. The molecule has 5 aromatic carbocycles. The molecule has 0 atom stereocenters. The van der Waals surface area contributed by atoms with Crippen LogP contribution in [0.4, 0.5) is 0 Å². The summed E-state index contributed by atoms with van der Waals surface area (Å²) >= 11 is 5.93. The van der Waals surface area contributed by atoms with Crippen LogP contribution in [0.5, 0.6) is 34.5 Å². The Morgan fingerprint density at radius 1 is 0.652 bits per heavy atom. The monoisotopic (exact) mass is 634 g/mol. The van der Waals surface area contributed by atoms with Gasteiger partial charge in [0.1, 0.15) is 23.0 Å². The first-order chi connectivity index (χ1) is 22.1. The van der Waals surface area contributed by atoms with Gasteiger partial charge < -0.3 is 23.7 Å². The van der Waals surface area contributed by atoms with Crippen LogP contribution in [0.1, 0.15) is 19.4 Å². The van der Waals surface area contributed by atoms with E-state index in [2.05, 4.69) is 18.7 Å². The number of carbonyl (C=O) groups excluding carboxylic acids is 2. The summed E-state index contributed by atoms with van der Waals surface area (Å²) in [6.45, 7) is 7.07. The van der Waals surface area contributed by atoms with Crippen molar-refractivity contribution >= 4 is 29.1 Å². The second-order valence-electron chi connectivity index (χ2n) is 10.7. The maximum absolute atomic E-state index is 13.0. The van der Waals surface area contributed by atoms with E-state index in [1.807, 2.05) is 42.5 Å². The minimum Gasteiger partial charge on any atom is -0.493 e. The third-order valence-electron chi connectivity index (χ3n) is 6.87. The van der Waals surface area contributed by atoms with Crippen LogP contribution in [0.2, 0.25) is 5.02 Å². The largest absolute Gasteiger partial charge is 0.493 e. The average molecular weight is 635 g/mol. The number of benzene rings is 5. The van der Waals surface area contributed by atoms with Crippen LogP contribution in [-0.2, 0) is 9.59 Å². The lowest BCUT2D eigenvalue weighted by molar-refractivity contribution is -0.149. The Bertz CT molecular complexity index is 1830. The van der Waals surface area contributed by atoms with Gasteiger partial charge in [0.05, 0.1) is 12.7 Å². The summed E-state index contributed by atoms with van der Waals surface area (Å²) in [6, 6.07) is 35.8. The Morgan fingerprint density at radius 3 is 1.85 bits per heavy atom. The highest BCUT2D eigenvalue weighted by atomic mass is 35.5. The topological polar surface area (TPSA) is 80.3 Å². The molecule has 0 spiro atoms. The Morgan fingerprint density at radius 2 is 1.22 bits per heavy atom. The molecule has 0 saturated heterocycles. The summed E-state index contributed by atoms with van der Waals surface area (Å²) in [5, 5.41) is 0.549. The lowest BCUT2D eigenvalue weighted by atomic mass is 10.1. The molecule has 46 heavy (non-hydrogen) atoms. The van der Waals surface area contributed by atoms with Crippen molar-refractivity contribution in [1.29, 1.82) is 0 Å². The second-order valence-corrected chi connectivity index (χ2v) is 11.1. The van der Waals surface area contributed by atoms with Crippen LogP contribution < -0.4 is 23.7 Å². The molecule has 0 aliphatic heterocycles. The van der Waals surface area contributed by atoms with Gasteiger partial charge in [0, 0.05) is 5.02 Å². The van der Waals surface area contributed by atoms with E-state index in [0.29, 0.717) is 33.6 Å². The van der Waals surface area contributed by atoms with Crippen LogP contribution in [0.25, 0.3) is 16.7 Å². The van der Waals surface area contributed by atoms with Crippen LogP contribution in [0.15, 0.2) is 128 Å². The third-order valence-corrected chi connectivity index (χ3v) is 7.12. The fraction of sp³-hybridized carbons (Fsp3) is 0.105. The minimum absolute atomic E-state index is 0.0846. The molecule has 8 heteroatoms. The summed E-state index contributed by atoms with van der Waals surface area (Å²) in [4.78, 5) is 25.9. The number of carbonyl (C=O) groups is 2. The van der Waals surface area contributed by atoms with Gasteiger partial charge >= 0.3 is 11.9 Å². The quantitative estimate of drug-likeness (QED) is 0.0814. The molecule has 232 valence electrons. The van der Waals surface area contributed by atoms with E-state index in [0.717, 1.165) is 11.1 Å². The Hall–Kier alpha value is -5.53. The predicted octanol–water partition coefficient (Wildman–Crippen LogP) is 9.19. The summed E-state index contributed by atoms with van der Waals surface area (Å²) < 4.78 is 28.3. The fourth-order valence-corrected chi connectivity index (χ4v) is 4.47. The standard InChI is InChI=1S/C38H31ClO7/c1-25(28-12-23-34(35(24-28)42-4)45-37(41)38(2,3)46-33-17-13-29(39)14-18-33)36(40)44-32-21-19-31(20-22-32)43-30-15-10-27(11-16-30)26-8-6-5-7-9-26/h5-24H,1H2,2-4H3. The van der Waals surface area contributed by atoms with Crippen molar-refractivity contribution in [2.75, 3.05) is 7.11 Å². The van der Waals surface area contributed by atoms with Crippen LogP contribution >= 0.6 is 11.6 Å². The van der Waals surface area contributed by atoms with Gasteiger partial charge in [-0.25, -0.2) is 9.59 Å². The summed E-state index contributed by atoms with van der Waals surface area (Å²) in [5.74, 6) is 1.10. The first kappa shape index (κ1) is 31.9. The van der Waals surface area contributed by atoms with Crippen LogP contribution in [0.3, 0.4) is 0 Å². The van der Waals surface area contributed by atoms with Gasteiger partial charge in [-0.05, 0) is 103 Å². The molecule has 0 amide bonds. The normalized spacial score (nSPS) is 10.9. The summed E-state index contributed by atoms with van der Waals surface area (Å²) in [6.07, 6.45) is 0. The van der Waals surface area contributed by atoms with Crippen LogP contribution in [-0.4, -0.2) is 24.6 Å². The maximum atomic E-state index is 13.0. The van der Waals surface area contributed by atoms with E-state index in [1.165, 1.54) is 13.2 Å². The van der Waals surface area contributed by atoms with E-state index >= 15 is 0 Å². The van der Waals surface area contributed by atoms with Gasteiger partial charge in [-0.2, -0.15) is 0 Å². The van der Waals surface area contributed by atoms with Gasteiger partial charge in [0.2, 0.25) is 5.60 Å². The number of halogens is 1. The molecule has 0 aliphatic carbocycles. The number of methoxy groups -OCH3 is 1. The molecule has 0 saturated carbocycles. The highest BCUT2D eigenvalue weighted by Crippen LogP contribution is 2.33. The van der Waals surface area contributed by atoms with Gasteiger partial charge in [0.25, 0.3) is 0 Å². The molecule has 7 nitrogen and oxygen atoms in total. The summed E-state index contributed by atoms with van der Waals surface area (Å²) in [7, 11) is 1.42. The molecule has 5 rings (SSSR count). The molecule has 0 bridgehead atoms. The lowest BCUT2D eigenvalue weighted by Gasteiger charge is -2.24. The fourth-order valence-electron chi connectivity index (χ4n) is 4.35. The third kappa shape index (κ3) is 7.94. The molecule has 0 unspecified atom stereocenters. The maximum Gasteiger partial charge on any atom is 0.355 e. The van der Waals surface area contributed by atoms with E-state index in [1.54, 1.807) is 74.5 Å². The van der Waals surface area contributed by atoms with Gasteiger partial charge in [-0.1, -0.05) is 66.7 Å². The number of rotatable bonds is 11. The van der Waals surface area contributed by atoms with E-state index in [-0.39, 0.29) is 17.1 Å². The minimum atomic E-state index is -1.32. The number of ether oxygens (including phenoxy) is 5. The molecule has 0 aliphatic rings. The molecule has 0 radical (unpaired) electrons. The first-order valence-electron chi connectivity index (χ1n) is 14.3. The molecule has 0 fully saturated rings. The summed E-state index contributed by atoms with van der Waals surface area (Å²) in [5.41, 5.74) is 1.41. The first-order valence-corrected chi connectivity index (χ1v) is 14.7. The van der Waals surface area contributed by atoms with Gasteiger partial charge in [-0.3, -0.25) is 0 Å². The Balaban J connectivity index is 1.18. The number of hydrogen-bond donors (Lipinski definition) is 0. The molecule has 0 heterocycles. The molecule has 0 aromatic heterocycles. The van der Waals surface area contributed by atoms with Crippen LogP contribution in [0, 0.1) is 0 Å². The van der Waals surface area contributed by atoms with Crippen molar-refractivity contribution < 1.29 is 33.3 Å². The Labute approximate surface area is 272 Å². The SMILES string of the molecule is C=C(C(=O)Oc1ccc(Oc2ccc(-c3ccccc3)cc2)cc1)c1ccc(OC(=O)C(C)(C)Oc2ccc(Cl)cc2)c(OC)c1. The molecular formula is C38H31ClO7. The molecular weight excluding hydrogens is 604 g/mol. The number of esters is 2. The molecule has 5 aromatic rings. The van der Waals surface area contributed by atoms with Gasteiger partial charge in [-0.15, -0.1) is 0 Å². The van der Waals surface area contributed by atoms with Crippen molar-refractivity contribution in [2.24, 2.45) is 0 Å². The smallest absolute Gasteiger partial charge is 0.355 e. The van der Waals surface area contributed by atoms with Crippen molar-refractivity contribution in [1.82, 2.24) is 0 Å². The average Bonchev–Trinajstić information content (AvgIpc) is 3.07.